The molecule has 1 amide bonds. The van der Waals surface area contributed by atoms with Gasteiger partial charge in [-0.25, -0.2) is 9.71 Å². The first kappa shape index (κ1) is 15.6. The van der Waals surface area contributed by atoms with Gasteiger partial charge in [0.05, 0.1) is 12.6 Å². The van der Waals surface area contributed by atoms with Crippen LogP contribution in [0.2, 0.25) is 0 Å². The van der Waals surface area contributed by atoms with Crippen molar-refractivity contribution in [2.24, 2.45) is 0 Å². The Kier molecular flexibility index (Phi) is 4.38. The number of hydrogen-bond acceptors (Lipinski definition) is 5. The second-order valence-corrected chi connectivity index (χ2v) is 7.19. The van der Waals surface area contributed by atoms with Gasteiger partial charge in [-0.05, 0) is 42.4 Å². The number of benzene rings is 1. The van der Waals surface area contributed by atoms with Crippen LogP contribution in [0.4, 0.5) is 0 Å². The molecule has 1 N–H and O–H groups in total. The molecule has 1 aromatic carbocycles. The topological polar surface area (TPSA) is 89.0 Å². The average Bonchev–Trinajstić information content (AvgIpc) is 2.55. The number of aryl methyl sites for hydroxylation is 2. The molecule has 0 radical (unpaired) electrons. The molecular formula is C16H17N3O3S. The van der Waals surface area contributed by atoms with Crippen LogP contribution in [0.3, 0.4) is 0 Å². The Labute approximate surface area is 135 Å². The standard InChI is InChI=1S/C16H17N3O3S/c20-15(19-23(21,22)16-11-17-7-8-18-16)10-12-5-6-13-3-1-2-4-14(13)9-12/h5-9,11H,1-4,10H2,(H,19,20). The maximum absolute atomic E-state index is 12.0. The molecule has 0 unspecified atom stereocenters. The van der Waals surface area contributed by atoms with Crippen molar-refractivity contribution in [3.05, 3.63) is 53.5 Å². The number of amides is 1. The normalized spacial score (nSPS) is 14.1. The molecule has 3 rings (SSSR count). The quantitative estimate of drug-likeness (QED) is 0.915. The van der Waals surface area contributed by atoms with Crippen molar-refractivity contribution in [2.45, 2.75) is 37.1 Å². The minimum Gasteiger partial charge on any atom is -0.274 e. The maximum atomic E-state index is 12.0. The molecule has 7 heteroatoms. The van der Waals surface area contributed by atoms with E-state index in [1.807, 2.05) is 22.9 Å². The molecule has 1 aliphatic carbocycles. The molecule has 1 aliphatic rings. The Morgan fingerprint density at radius 2 is 1.91 bits per heavy atom. The molecule has 120 valence electrons. The van der Waals surface area contributed by atoms with Gasteiger partial charge in [0, 0.05) is 12.4 Å². The number of aromatic nitrogens is 2. The molecule has 0 saturated carbocycles. The maximum Gasteiger partial charge on any atom is 0.283 e. The van der Waals surface area contributed by atoms with Crippen molar-refractivity contribution < 1.29 is 13.2 Å². The summed E-state index contributed by atoms with van der Waals surface area (Å²) in [7, 11) is -3.97. The minimum absolute atomic E-state index is 0.0206. The number of hydrogen-bond donors (Lipinski definition) is 1. The fourth-order valence-electron chi connectivity index (χ4n) is 2.74. The second kappa shape index (κ2) is 6.45. The number of nitrogens with one attached hydrogen (secondary N) is 1. The van der Waals surface area contributed by atoms with Crippen LogP contribution in [0.5, 0.6) is 0 Å². The van der Waals surface area contributed by atoms with Gasteiger partial charge in [-0.3, -0.25) is 9.78 Å². The van der Waals surface area contributed by atoms with E-state index in [0.717, 1.165) is 31.0 Å². The summed E-state index contributed by atoms with van der Waals surface area (Å²) in [6.45, 7) is 0. The highest BCUT2D eigenvalue weighted by Gasteiger charge is 2.19. The number of nitrogens with zero attached hydrogens (tertiary/aromatic N) is 2. The molecule has 1 heterocycles. The number of fused-ring (bicyclic) bond motifs is 1. The Morgan fingerprint density at radius 1 is 1.13 bits per heavy atom. The van der Waals surface area contributed by atoms with Crippen LogP contribution in [-0.2, 0) is 34.1 Å². The van der Waals surface area contributed by atoms with E-state index in [0.29, 0.717) is 0 Å². The molecular weight excluding hydrogens is 314 g/mol. The monoisotopic (exact) mass is 331 g/mol. The summed E-state index contributed by atoms with van der Waals surface area (Å²) in [5.74, 6) is -0.577. The van der Waals surface area contributed by atoms with Crippen molar-refractivity contribution in [3.8, 4) is 0 Å². The predicted molar refractivity (Wildman–Crippen MR) is 84.1 cm³/mol. The van der Waals surface area contributed by atoms with Crippen molar-refractivity contribution in [1.82, 2.24) is 14.7 Å². The van der Waals surface area contributed by atoms with Crippen LogP contribution >= 0.6 is 0 Å². The summed E-state index contributed by atoms with van der Waals surface area (Å²) >= 11 is 0. The third kappa shape index (κ3) is 3.73. The zero-order valence-electron chi connectivity index (χ0n) is 12.5. The van der Waals surface area contributed by atoms with Crippen molar-refractivity contribution in [1.29, 1.82) is 0 Å². The van der Waals surface area contributed by atoms with E-state index in [1.165, 1.54) is 29.9 Å². The molecule has 0 spiro atoms. The molecule has 0 saturated heterocycles. The molecule has 0 bridgehead atoms. The average molecular weight is 331 g/mol. The van der Waals surface area contributed by atoms with Gasteiger partial charge in [0.25, 0.3) is 10.0 Å². The number of rotatable bonds is 4. The van der Waals surface area contributed by atoms with Crippen LogP contribution in [0.15, 0.2) is 41.8 Å². The summed E-state index contributed by atoms with van der Waals surface area (Å²) < 4.78 is 26.1. The predicted octanol–water partition coefficient (Wildman–Crippen LogP) is 1.40. The minimum atomic E-state index is -3.97. The molecule has 0 aliphatic heterocycles. The lowest BCUT2D eigenvalue weighted by Crippen LogP contribution is -2.32. The van der Waals surface area contributed by atoms with Crippen LogP contribution < -0.4 is 4.72 Å². The lowest BCUT2D eigenvalue weighted by atomic mass is 9.90. The first-order valence-corrected chi connectivity index (χ1v) is 8.95. The van der Waals surface area contributed by atoms with E-state index < -0.39 is 15.9 Å². The summed E-state index contributed by atoms with van der Waals surface area (Å²) in [6.07, 6.45) is 8.20. The molecule has 0 fully saturated rings. The van der Waals surface area contributed by atoms with Gasteiger partial charge in [0.2, 0.25) is 5.91 Å². The van der Waals surface area contributed by atoms with E-state index >= 15 is 0 Å². The van der Waals surface area contributed by atoms with Gasteiger partial charge < -0.3 is 0 Å². The first-order valence-electron chi connectivity index (χ1n) is 7.47. The van der Waals surface area contributed by atoms with Gasteiger partial charge in [0.15, 0.2) is 5.03 Å². The molecule has 1 aromatic heterocycles. The molecule has 2 aromatic rings. The zero-order valence-corrected chi connectivity index (χ0v) is 13.3. The zero-order chi connectivity index (χ0) is 16.3. The molecule has 0 atom stereocenters. The van der Waals surface area contributed by atoms with Crippen LogP contribution in [0, 0.1) is 0 Å². The van der Waals surface area contributed by atoms with Gasteiger partial charge in [-0.15, -0.1) is 0 Å². The van der Waals surface area contributed by atoms with Crippen LogP contribution in [-0.4, -0.2) is 24.3 Å². The van der Waals surface area contributed by atoms with Crippen molar-refractivity contribution >= 4 is 15.9 Å². The molecule has 6 nitrogen and oxygen atoms in total. The Bertz CT molecular complexity index is 820. The van der Waals surface area contributed by atoms with E-state index in [9.17, 15) is 13.2 Å². The number of carbonyl (C=O) groups excluding carboxylic acids is 1. The summed E-state index contributed by atoms with van der Waals surface area (Å²) in [5.41, 5.74) is 3.41. The highest BCUT2D eigenvalue weighted by molar-refractivity contribution is 7.90. The third-order valence-electron chi connectivity index (χ3n) is 3.84. The van der Waals surface area contributed by atoms with Gasteiger partial charge in [-0.2, -0.15) is 8.42 Å². The highest BCUT2D eigenvalue weighted by Crippen LogP contribution is 2.22. The summed E-state index contributed by atoms with van der Waals surface area (Å²) in [4.78, 5) is 19.4. The first-order chi connectivity index (χ1) is 11.0. The number of sulfonamides is 1. The molecule has 23 heavy (non-hydrogen) atoms. The second-order valence-electron chi connectivity index (χ2n) is 5.56. The fourth-order valence-corrected chi connectivity index (χ4v) is 3.62. The Morgan fingerprint density at radius 3 is 2.65 bits per heavy atom. The lowest BCUT2D eigenvalue weighted by Gasteiger charge is -2.16. The highest BCUT2D eigenvalue weighted by atomic mass is 32.2. The van der Waals surface area contributed by atoms with E-state index in [1.54, 1.807) is 0 Å². The summed E-state index contributed by atoms with van der Waals surface area (Å²) in [5, 5.41) is -0.265. The fraction of sp³-hybridized carbons (Fsp3) is 0.312. The Hall–Kier alpha value is -2.28. The third-order valence-corrected chi connectivity index (χ3v) is 5.10. The van der Waals surface area contributed by atoms with Crippen LogP contribution in [0.1, 0.15) is 29.5 Å². The largest absolute Gasteiger partial charge is 0.283 e. The SMILES string of the molecule is O=C(Cc1ccc2c(c1)CCCC2)NS(=O)(=O)c1cnccn1. The van der Waals surface area contributed by atoms with Crippen molar-refractivity contribution in [2.75, 3.05) is 0 Å². The van der Waals surface area contributed by atoms with Gasteiger partial charge in [0.1, 0.15) is 0 Å². The van der Waals surface area contributed by atoms with E-state index in [4.69, 9.17) is 0 Å². The van der Waals surface area contributed by atoms with E-state index in [-0.39, 0.29) is 11.4 Å². The van der Waals surface area contributed by atoms with Gasteiger partial charge in [-0.1, -0.05) is 18.2 Å². The van der Waals surface area contributed by atoms with Gasteiger partial charge >= 0.3 is 0 Å². The smallest absolute Gasteiger partial charge is 0.274 e. The lowest BCUT2D eigenvalue weighted by molar-refractivity contribution is -0.118. The van der Waals surface area contributed by atoms with Crippen LogP contribution in [0.25, 0.3) is 0 Å². The number of carbonyl (C=O) groups is 1. The summed E-state index contributed by atoms with van der Waals surface area (Å²) in [6, 6.07) is 5.93. The Balaban J connectivity index is 1.70. The van der Waals surface area contributed by atoms with Crippen molar-refractivity contribution in [3.63, 3.8) is 0 Å². The van der Waals surface area contributed by atoms with E-state index in [2.05, 4.69) is 9.97 Å².